The highest BCUT2D eigenvalue weighted by atomic mass is 16.5. The Labute approximate surface area is 160 Å². The smallest absolute Gasteiger partial charge is 0.262 e. The fourth-order valence-corrected chi connectivity index (χ4v) is 2.75. The number of benzene rings is 2. The molecule has 0 heterocycles. The lowest BCUT2D eigenvalue weighted by Gasteiger charge is -2.22. The summed E-state index contributed by atoms with van der Waals surface area (Å²) >= 11 is 0. The van der Waals surface area contributed by atoms with Gasteiger partial charge in [-0.2, -0.15) is 0 Å². The van der Waals surface area contributed by atoms with Gasteiger partial charge in [0.05, 0.1) is 0 Å². The lowest BCUT2D eigenvalue weighted by atomic mass is 9.86. The van der Waals surface area contributed by atoms with Crippen LogP contribution in [0.3, 0.4) is 0 Å². The van der Waals surface area contributed by atoms with Crippen molar-refractivity contribution in [3.05, 3.63) is 59.7 Å². The molecule has 0 atom stereocenters. The van der Waals surface area contributed by atoms with Crippen molar-refractivity contribution in [2.24, 2.45) is 0 Å². The summed E-state index contributed by atoms with van der Waals surface area (Å²) in [4.78, 5) is 24.2. The Morgan fingerprint density at radius 2 is 1.70 bits per heavy atom. The Morgan fingerprint density at radius 3 is 2.33 bits per heavy atom. The average molecular weight is 366 g/mol. The molecule has 2 aromatic carbocycles. The number of nitrogens with one attached hydrogen (secondary N) is 2. The lowest BCUT2D eigenvalue weighted by Crippen LogP contribution is -2.25. The third-order valence-corrected chi connectivity index (χ3v) is 4.40. The summed E-state index contributed by atoms with van der Waals surface area (Å²) in [5.74, 6) is 0.402. The topological polar surface area (TPSA) is 67.4 Å². The van der Waals surface area contributed by atoms with Crippen molar-refractivity contribution in [2.45, 2.75) is 45.1 Å². The van der Waals surface area contributed by atoms with E-state index < -0.39 is 0 Å². The normalized spacial score (nSPS) is 13.7. The van der Waals surface area contributed by atoms with Gasteiger partial charge in [-0.25, -0.2) is 0 Å². The standard InChI is InChI=1S/C22H26N2O3/c1-22(2,3)18-6-4-5-7-19(18)27-14-20(25)23-16-10-8-15(9-11-16)21(26)24-17-12-13-17/h4-11,17H,12-14H2,1-3H3,(H,23,25)(H,24,26). The van der Waals surface area contributed by atoms with Crippen LogP contribution < -0.4 is 15.4 Å². The highest BCUT2D eigenvalue weighted by Crippen LogP contribution is 2.30. The van der Waals surface area contributed by atoms with Gasteiger partial charge in [0.25, 0.3) is 11.8 Å². The summed E-state index contributed by atoms with van der Waals surface area (Å²) in [6.07, 6.45) is 2.11. The zero-order valence-corrected chi connectivity index (χ0v) is 16.0. The van der Waals surface area contributed by atoms with Crippen LogP contribution in [0.5, 0.6) is 5.75 Å². The molecule has 1 saturated carbocycles. The van der Waals surface area contributed by atoms with Crippen molar-refractivity contribution in [3.63, 3.8) is 0 Å². The summed E-state index contributed by atoms with van der Waals surface area (Å²) < 4.78 is 5.73. The first-order valence-corrected chi connectivity index (χ1v) is 9.26. The Balaban J connectivity index is 1.54. The molecule has 1 aliphatic carbocycles. The molecule has 0 saturated heterocycles. The summed E-state index contributed by atoms with van der Waals surface area (Å²) in [5, 5.41) is 5.73. The number of hydrogen-bond acceptors (Lipinski definition) is 3. The van der Waals surface area contributed by atoms with Crippen molar-refractivity contribution < 1.29 is 14.3 Å². The first kappa shape index (κ1) is 19.0. The van der Waals surface area contributed by atoms with Crippen molar-refractivity contribution >= 4 is 17.5 Å². The van der Waals surface area contributed by atoms with Gasteiger partial charge in [0.2, 0.25) is 0 Å². The molecule has 0 spiro atoms. The number of anilines is 1. The van der Waals surface area contributed by atoms with E-state index in [1.807, 2.05) is 24.3 Å². The number of rotatable bonds is 6. The van der Waals surface area contributed by atoms with Crippen LogP contribution in [0.2, 0.25) is 0 Å². The quantitative estimate of drug-likeness (QED) is 0.815. The van der Waals surface area contributed by atoms with E-state index in [1.54, 1.807) is 24.3 Å². The number of hydrogen-bond donors (Lipinski definition) is 2. The lowest BCUT2D eigenvalue weighted by molar-refractivity contribution is -0.118. The molecule has 0 unspecified atom stereocenters. The molecule has 3 rings (SSSR count). The number of amides is 2. The first-order valence-electron chi connectivity index (χ1n) is 9.26. The maximum atomic E-state index is 12.2. The van der Waals surface area contributed by atoms with Crippen LogP contribution in [-0.4, -0.2) is 24.5 Å². The predicted molar refractivity (Wildman–Crippen MR) is 106 cm³/mol. The molecule has 0 radical (unpaired) electrons. The van der Waals surface area contributed by atoms with Crippen LogP contribution in [0, 0.1) is 0 Å². The van der Waals surface area contributed by atoms with E-state index in [-0.39, 0.29) is 23.8 Å². The van der Waals surface area contributed by atoms with Gasteiger partial charge in [0.1, 0.15) is 5.75 Å². The summed E-state index contributed by atoms with van der Waals surface area (Å²) in [5.41, 5.74) is 2.22. The van der Waals surface area contributed by atoms with E-state index in [9.17, 15) is 9.59 Å². The highest BCUT2D eigenvalue weighted by Gasteiger charge is 2.23. The van der Waals surface area contributed by atoms with E-state index in [0.29, 0.717) is 23.0 Å². The molecule has 27 heavy (non-hydrogen) atoms. The number of carbonyl (C=O) groups excluding carboxylic acids is 2. The average Bonchev–Trinajstić information content (AvgIpc) is 3.44. The Hall–Kier alpha value is -2.82. The van der Waals surface area contributed by atoms with Crippen LogP contribution in [0.25, 0.3) is 0 Å². The molecule has 2 aromatic rings. The van der Waals surface area contributed by atoms with E-state index in [0.717, 1.165) is 18.4 Å². The SMILES string of the molecule is CC(C)(C)c1ccccc1OCC(=O)Nc1ccc(C(=O)NC2CC2)cc1. The zero-order valence-electron chi connectivity index (χ0n) is 16.0. The molecular weight excluding hydrogens is 340 g/mol. The second-order valence-corrected chi connectivity index (χ2v) is 7.91. The van der Waals surface area contributed by atoms with E-state index in [4.69, 9.17) is 4.74 Å². The highest BCUT2D eigenvalue weighted by molar-refractivity contribution is 5.96. The minimum Gasteiger partial charge on any atom is -0.483 e. The van der Waals surface area contributed by atoms with Crippen LogP contribution in [-0.2, 0) is 10.2 Å². The summed E-state index contributed by atoms with van der Waals surface area (Å²) in [7, 11) is 0. The van der Waals surface area contributed by atoms with Gasteiger partial charge in [-0.3, -0.25) is 9.59 Å². The number of carbonyl (C=O) groups is 2. The van der Waals surface area contributed by atoms with Gasteiger partial charge in [-0.1, -0.05) is 39.0 Å². The molecule has 1 fully saturated rings. The van der Waals surface area contributed by atoms with E-state index >= 15 is 0 Å². The van der Waals surface area contributed by atoms with Crippen LogP contribution in [0.4, 0.5) is 5.69 Å². The molecule has 0 aromatic heterocycles. The van der Waals surface area contributed by atoms with Crippen LogP contribution in [0.15, 0.2) is 48.5 Å². The fourth-order valence-electron chi connectivity index (χ4n) is 2.75. The van der Waals surface area contributed by atoms with Crippen LogP contribution in [0.1, 0.15) is 49.5 Å². The molecule has 5 heteroatoms. The van der Waals surface area contributed by atoms with Crippen molar-refractivity contribution in [1.29, 1.82) is 0 Å². The molecule has 0 aliphatic heterocycles. The maximum Gasteiger partial charge on any atom is 0.262 e. The third kappa shape index (κ3) is 5.33. The predicted octanol–water partition coefficient (Wildman–Crippen LogP) is 3.89. The zero-order chi connectivity index (χ0) is 19.4. The first-order chi connectivity index (χ1) is 12.8. The Bertz CT molecular complexity index is 818. The molecule has 2 N–H and O–H groups in total. The number of para-hydroxylation sites is 1. The van der Waals surface area contributed by atoms with Gasteiger partial charge in [-0.05, 0) is 54.2 Å². The van der Waals surface area contributed by atoms with Gasteiger partial charge >= 0.3 is 0 Å². The number of ether oxygens (including phenoxy) is 1. The molecule has 5 nitrogen and oxygen atoms in total. The van der Waals surface area contributed by atoms with Gasteiger partial charge in [-0.15, -0.1) is 0 Å². The second kappa shape index (κ2) is 7.82. The summed E-state index contributed by atoms with van der Waals surface area (Å²) in [6.45, 7) is 6.25. The Morgan fingerprint density at radius 1 is 1.04 bits per heavy atom. The van der Waals surface area contributed by atoms with Crippen LogP contribution >= 0.6 is 0 Å². The molecular formula is C22H26N2O3. The van der Waals surface area contributed by atoms with E-state index in [1.165, 1.54) is 0 Å². The molecule has 2 amide bonds. The molecule has 0 bridgehead atoms. The molecule has 142 valence electrons. The minimum absolute atomic E-state index is 0.0655. The van der Waals surface area contributed by atoms with Gasteiger partial charge in [0, 0.05) is 17.3 Å². The van der Waals surface area contributed by atoms with Crippen molar-refractivity contribution in [2.75, 3.05) is 11.9 Å². The maximum absolute atomic E-state index is 12.2. The van der Waals surface area contributed by atoms with Gasteiger partial charge in [0.15, 0.2) is 6.61 Å². The van der Waals surface area contributed by atoms with E-state index in [2.05, 4.69) is 31.4 Å². The summed E-state index contributed by atoms with van der Waals surface area (Å²) in [6, 6.07) is 14.9. The van der Waals surface area contributed by atoms with Crippen molar-refractivity contribution in [1.82, 2.24) is 5.32 Å². The Kier molecular flexibility index (Phi) is 5.49. The monoisotopic (exact) mass is 366 g/mol. The second-order valence-electron chi connectivity index (χ2n) is 7.91. The largest absolute Gasteiger partial charge is 0.483 e. The van der Waals surface area contributed by atoms with Gasteiger partial charge < -0.3 is 15.4 Å². The molecule has 1 aliphatic rings. The fraction of sp³-hybridized carbons (Fsp3) is 0.364. The minimum atomic E-state index is -0.242. The van der Waals surface area contributed by atoms with Crippen molar-refractivity contribution in [3.8, 4) is 5.75 Å². The third-order valence-electron chi connectivity index (χ3n) is 4.40.